The van der Waals surface area contributed by atoms with Gasteiger partial charge in [0, 0.05) is 12.2 Å². The smallest absolute Gasteiger partial charge is 0.241 e. The number of aryl methyl sites for hydroxylation is 1. The fourth-order valence-electron chi connectivity index (χ4n) is 3.98. The third kappa shape index (κ3) is 3.32. The first-order valence-electron chi connectivity index (χ1n) is 9.34. The van der Waals surface area contributed by atoms with Crippen LogP contribution in [0.15, 0.2) is 11.1 Å². The SMILES string of the molecule is Cc1c(C)c(C)c(S(=O)(=O)NCCn2ncc3c2CCCC3)c(C)c1C. The fraction of sp³-hybridized carbons (Fsp3) is 0.550. The zero-order valence-corrected chi connectivity index (χ0v) is 17.3. The second-order valence-electron chi connectivity index (χ2n) is 7.40. The first-order valence-corrected chi connectivity index (χ1v) is 10.8. The summed E-state index contributed by atoms with van der Waals surface area (Å²) >= 11 is 0. The molecule has 1 aromatic heterocycles. The van der Waals surface area contributed by atoms with Gasteiger partial charge in [-0.25, -0.2) is 13.1 Å². The number of hydrogen-bond acceptors (Lipinski definition) is 3. The maximum Gasteiger partial charge on any atom is 0.241 e. The molecule has 0 atom stereocenters. The number of hydrogen-bond donors (Lipinski definition) is 1. The Morgan fingerprint density at radius 2 is 1.54 bits per heavy atom. The van der Waals surface area contributed by atoms with Gasteiger partial charge < -0.3 is 0 Å². The molecule has 1 aliphatic carbocycles. The van der Waals surface area contributed by atoms with Crippen LogP contribution in [0.25, 0.3) is 0 Å². The largest absolute Gasteiger partial charge is 0.268 e. The molecule has 0 amide bonds. The van der Waals surface area contributed by atoms with Crippen molar-refractivity contribution in [2.24, 2.45) is 0 Å². The molecule has 142 valence electrons. The summed E-state index contributed by atoms with van der Waals surface area (Å²) in [5.41, 5.74) is 7.54. The quantitative estimate of drug-likeness (QED) is 0.872. The summed E-state index contributed by atoms with van der Waals surface area (Å²) in [7, 11) is -3.55. The van der Waals surface area contributed by atoms with E-state index < -0.39 is 10.0 Å². The van der Waals surface area contributed by atoms with E-state index in [2.05, 4.69) is 16.7 Å². The molecule has 1 N–H and O–H groups in total. The van der Waals surface area contributed by atoms with Gasteiger partial charge in [0.15, 0.2) is 0 Å². The molecule has 0 saturated heterocycles. The molecule has 5 nitrogen and oxygen atoms in total. The maximum absolute atomic E-state index is 13.0. The Morgan fingerprint density at radius 3 is 2.19 bits per heavy atom. The van der Waals surface area contributed by atoms with Crippen LogP contribution < -0.4 is 4.72 Å². The average molecular weight is 376 g/mol. The van der Waals surface area contributed by atoms with Crippen molar-refractivity contribution in [3.63, 3.8) is 0 Å². The van der Waals surface area contributed by atoms with E-state index in [4.69, 9.17) is 0 Å². The molecule has 2 aromatic rings. The molecule has 1 heterocycles. The van der Waals surface area contributed by atoms with Crippen LogP contribution >= 0.6 is 0 Å². The minimum absolute atomic E-state index is 0.349. The van der Waals surface area contributed by atoms with Crippen LogP contribution in [0.3, 0.4) is 0 Å². The molecule has 0 saturated carbocycles. The van der Waals surface area contributed by atoms with Crippen LogP contribution in [0.2, 0.25) is 0 Å². The van der Waals surface area contributed by atoms with E-state index in [1.807, 2.05) is 38.6 Å². The molecule has 0 radical (unpaired) electrons. The van der Waals surface area contributed by atoms with Crippen LogP contribution in [0.1, 0.15) is 51.9 Å². The summed E-state index contributed by atoms with van der Waals surface area (Å²) in [6.07, 6.45) is 6.46. The van der Waals surface area contributed by atoms with Gasteiger partial charge in [0.1, 0.15) is 0 Å². The van der Waals surface area contributed by atoms with Crippen LogP contribution in [0.4, 0.5) is 0 Å². The first kappa shape index (κ1) is 19.1. The zero-order valence-electron chi connectivity index (χ0n) is 16.4. The molecule has 1 aromatic carbocycles. The molecule has 6 heteroatoms. The highest BCUT2D eigenvalue weighted by Crippen LogP contribution is 2.29. The van der Waals surface area contributed by atoms with Crippen molar-refractivity contribution in [2.75, 3.05) is 6.54 Å². The Hall–Kier alpha value is -1.66. The molecular weight excluding hydrogens is 346 g/mol. The summed E-state index contributed by atoms with van der Waals surface area (Å²) in [4.78, 5) is 0.431. The van der Waals surface area contributed by atoms with E-state index >= 15 is 0 Å². The van der Waals surface area contributed by atoms with E-state index in [1.54, 1.807) is 0 Å². The highest BCUT2D eigenvalue weighted by Gasteiger charge is 2.23. The van der Waals surface area contributed by atoms with Gasteiger partial charge in [-0.2, -0.15) is 5.10 Å². The zero-order chi connectivity index (χ0) is 19.1. The Bertz CT molecular complexity index is 913. The van der Waals surface area contributed by atoms with Crippen LogP contribution in [-0.4, -0.2) is 24.7 Å². The van der Waals surface area contributed by atoms with E-state index in [0.717, 1.165) is 35.1 Å². The van der Waals surface area contributed by atoms with Gasteiger partial charge >= 0.3 is 0 Å². The molecule has 26 heavy (non-hydrogen) atoms. The number of benzene rings is 1. The van der Waals surface area contributed by atoms with Crippen molar-refractivity contribution < 1.29 is 8.42 Å². The molecule has 1 aliphatic rings. The van der Waals surface area contributed by atoms with Gasteiger partial charge in [-0.1, -0.05) is 0 Å². The number of nitrogens with one attached hydrogen (secondary N) is 1. The highest BCUT2D eigenvalue weighted by atomic mass is 32.2. The summed E-state index contributed by atoms with van der Waals surface area (Å²) in [6.45, 7) is 10.7. The standard InChI is InChI=1S/C20H29N3O2S/c1-13-14(2)16(4)20(17(5)15(13)3)26(24,25)22-10-11-23-19-9-7-6-8-18(19)12-21-23/h12,22H,6-11H2,1-5H3. The van der Waals surface area contributed by atoms with Gasteiger partial charge in [-0.05, 0) is 93.7 Å². The van der Waals surface area contributed by atoms with Gasteiger partial charge in [-0.15, -0.1) is 0 Å². The van der Waals surface area contributed by atoms with Crippen molar-refractivity contribution in [3.05, 3.63) is 45.3 Å². The average Bonchev–Trinajstić information content (AvgIpc) is 3.01. The monoisotopic (exact) mass is 375 g/mol. The maximum atomic E-state index is 13.0. The van der Waals surface area contributed by atoms with Gasteiger partial charge in [-0.3, -0.25) is 4.68 Å². The van der Waals surface area contributed by atoms with Gasteiger partial charge in [0.25, 0.3) is 0 Å². The molecule has 0 unspecified atom stereocenters. The summed E-state index contributed by atoms with van der Waals surface area (Å²) in [5.74, 6) is 0. The van der Waals surface area contributed by atoms with Gasteiger partial charge in [0.05, 0.1) is 17.6 Å². The molecule has 0 spiro atoms. The molecule has 0 bridgehead atoms. The number of sulfonamides is 1. The third-order valence-corrected chi connectivity index (χ3v) is 7.69. The topological polar surface area (TPSA) is 64.0 Å². The van der Waals surface area contributed by atoms with E-state index in [0.29, 0.717) is 18.0 Å². The van der Waals surface area contributed by atoms with Crippen LogP contribution in [0, 0.1) is 34.6 Å². The third-order valence-electron chi connectivity index (χ3n) is 5.96. The van der Waals surface area contributed by atoms with E-state index in [9.17, 15) is 8.42 Å². The second-order valence-corrected chi connectivity index (χ2v) is 9.10. The van der Waals surface area contributed by atoms with Crippen molar-refractivity contribution in [3.8, 4) is 0 Å². The number of nitrogens with zero attached hydrogens (tertiary/aromatic N) is 2. The molecular formula is C20H29N3O2S. The van der Waals surface area contributed by atoms with Crippen LogP contribution in [0.5, 0.6) is 0 Å². The summed E-state index contributed by atoms with van der Waals surface area (Å²) < 4.78 is 30.7. The Labute approximate surface area is 156 Å². The Balaban J connectivity index is 1.79. The van der Waals surface area contributed by atoms with Crippen molar-refractivity contribution in [2.45, 2.75) is 71.7 Å². The molecule has 3 rings (SSSR count). The van der Waals surface area contributed by atoms with Crippen molar-refractivity contribution in [1.82, 2.24) is 14.5 Å². The number of fused-ring (bicyclic) bond motifs is 1. The van der Waals surface area contributed by atoms with E-state index in [-0.39, 0.29) is 0 Å². The Kier molecular flexibility index (Phi) is 5.26. The van der Waals surface area contributed by atoms with Crippen molar-refractivity contribution in [1.29, 1.82) is 0 Å². The molecule has 0 aliphatic heterocycles. The first-order chi connectivity index (χ1) is 12.2. The van der Waals surface area contributed by atoms with E-state index in [1.165, 1.54) is 29.7 Å². The fourth-order valence-corrected chi connectivity index (χ4v) is 5.59. The number of rotatable bonds is 5. The minimum Gasteiger partial charge on any atom is -0.268 e. The lowest BCUT2D eigenvalue weighted by Gasteiger charge is -2.19. The lowest BCUT2D eigenvalue weighted by Crippen LogP contribution is -2.30. The van der Waals surface area contributed by atoms with Crippen LogP contribution in [-0.2, 0) is 29.4 Å². The highest BCUT2D eigenvalue weighted by molar-refractivity contribution is 7.89. The predicted molar refractivity (Wildman–Crippen MR) is 104 cm³/mol. The lowest BCUT2D eigenvalue weighted by atomic mass is 9.95. The lowest BCUT2D eigenvalue weighted by molar-refractivity contribution is 0.538. The molecule has 0 fully saturated rings. The number of aromatic nitrogens is 2. The summed E-state index contributed by atoms with van der Waals surface area (Å²) in [6, 6.07) is 0. The second kappa shape index (κ2) is 7.16. The normalized spacial score (nSPS) is 14.5. The summed E-state index contributed by atoms with van der Waals surface area (Å²) in [5, 5.41) is 4.45. The predicted octanol–water partition coefficient (Wildman–Crippen LogP) is 3.28. The van der Waals surface area contributed by atoms with Gasteiger partial charge in [0.2, 0.25) is 10.0 Å². The Morgan fingerprint density at radius 1 is 0.962 bits per heavy atom. The minimum atomic E-state index is -3.55. The van der Waals surface area contributed by atoms with Crippen molar-refractivity contribution >= 4 is 10.0 Å².